The number of amides is 2. The smallest absolute Gasteiger partial charge is 0.408 e. The highest BCUT2D eigenvalue weighted by Gasteiger charge is 2.21. The molecule has 1 unspecified atom stereocenters. The molecule has 32 heavy (non-hydrogen) atoms. The highest BCUT2D eigenvalue weighted by Crippen LogP contribution is 2.28. The molecule has 0 bridgehead atoms. The first-order valence-electron chi connectivity index (χ1n) is 11.5. The molecule has 182 valence electrons. The van der Waals surface area contributed by atoms with Crippen molar-refractivity contribution >= 4 is 20.4 Å². The van der Waals surface area contributed by atoms with E-state index in [4.69, 9.17) is 19.3 Å². The molecule has 0 radical (unpaired) electrons. The van der Waals surface area contributed by atoms with Gasteiger partial charge in [-0.05, 0) is 38.0 Å². The van der Waals surface area contributed by atoms with Crippen molar-refractivity contribution in [3.8, 4) is 5.75 Å². The molecule has 1 rings (SSSR count). The van der Waals surface area contributed by atoms with Crippen molar-refractivity contribution in [3.05, 3.63) is 29.8 Å². The van der Waals surface area contributed by atoms with Crippen molar-refractivity contribution in [1.82, 2.24) is 10.6 Å². The second-order valence-corrected chi connectivity index (χ2v) is 9.33. The molecule has 1 aromatic rings. The van der Waals surface area contributed by atoms with Gasteiger partial charge in [-0.2, -0.15) is 0 Å². The molecule has 0 aliphatic heterocycles. The zero-order valence-electron chi connectivity index (χ0n) is 19.5. The fourth-order valence-corrected chi connectivity index (χ4v) is 3.17. The van der Waals surface area contributed by atoms with Gasteiger partial charge < -0.3 is 29.9 Å². The van der Waals surface area contributed by atoms with Crippen LogP contribution in [0.4, 0.5) is 4.79 Å². The molecule has 0 aliphatic carbocycles. The van der Waals surface area contributed by atoms with Crippen molar-refractivity contribution < 1.29 is 28.8 Å². The second-order valence-electron chi connectivity index (χ2n) is 7.91. The Morgan fingerprint density at radius 1 is 0.938 bits per heavy atom. The summed E-state index contributed by atoms with van der Waals surface area (Å²) in [4.78, 5) is 41.9. The number of rotatable bonds is 16. The van der Waals surface area contributed by atoms with Crippen LogP contribution >= 0.6 is 8.38 Å². The summed E-state index contributed by atoms with van der Waals surface area (Å²) in [7, 11) is -2.28. The third-order valence-electron chi connectivity index (χ3n) is 4.99. The summed E-state index contributed by atoms with van der Waals surface area (Å²) in [5.74, 6) is -0.523. The van der Waals surface area contributed by atoms with Crippen molar-refractivity contribution in [2.75, 3.05) is 6.61 Å². The van der Waals surface area contributed by atoms with Gasteiger partial charge in [-0.1, -0.05) is 64.0 Å². The molecule has 0 aromatic heterocycles. The third-order valence-corrected chi connectivity index (χ3v) is 5.81. The second kappa shape index (κ2) is 16.7. The number of hydrogen-bond donors (Lipinski definition) is 4. The minimum Gasteiger partial charge on any atom is -0.494 e. The minimum atomic E-state index is -2.28. The Bertz CT molecular complexity index is 656. The number of nitrogens with one attached hydrogen (secondary N) is 2. The van der Waals surface area contributed by atoms with Crippen molar-refractivity contribution in [2.24, 2.45) is 0 Å². The van der Waals surface area contributed by atoms with E-state index in [0.29, 0.717) is 6.61 Å². The Balaban J connectivity index is 2.20. The number of hydrogen-bond acceptors (Lipinski definition) is 6. The van der Waals surface area contributed by atoms with E-state index in [2.05, 4.69) is 17.6 Å². The first-order valence-corrected chi connectivity index (χ1v) is 12.8. The van der Waals surface area contributed by atoms with Crippen LogP contribution in [0.5, 0.6) is 5.75 Å². The average Bonchev–Trinajstić information content (AvgIpc) is 2.77. The number of alkyl carbamates (subject to hydrolysis) is 1. The van der Waals surface area contributed by atoms with E-state index in [-0.39, 0.29) is 6.61 Å². The standard InChI is InChI=1S/C23H39N2O6P/c1-4-5-6-7-8-9-10-11-16-30-21-14-12-20(13-15-21)17-31-23(27)24-18(2)22(26)25-19(3)32(28)29/h12-15,18-19,28-29H,4-11,16-17H2,1-3H3,(H,24,27)(H,25,26)/t18-,19?/m0/s1. The zero-order chi connectivity index (χ0) is 23.8. The van der Waals surface area contributed by atoms with Gasteiger partial charge in [-0.3, -0.25) is 4.79 Å². The molecular weight excluding hydrogens is 431 g/mol. The van der Waals surface area contributed by atoms with Crippen LogP contribution in [0.2, 0.25) is 0 Å². The zero-order valence-corrected chi connectivity index (χ0v) is 20.4. The van der Waals surface area contributed by atoms with Gasteiger partial charge in [-0.15, -0.1) is 0 Å². The summed E-state index contributed by atoms with van der Waals surface area (Å²) < 4.78 is 10.9. The summed E-state index contributed by atoms with van der Waals surface area (Å²) in [6.45, 7) is 5.94. The van der Waals surface area contributed by atoms with Crippen molar-refractivity contribution in [1.29, 1.82) is 0 Å². The van der Waals surface area contributed by atoms with Crippen LogP contribution in [0.3, 0.4) is 0 Å². The number of carbonyl (C=O) groups is 2. The molecule has 4 N–H and O–H groups in total. The average molecular weight is 471 g/mol. The van der Waals surface area contributed by atoms with E-state index < -0.39 is 32.2 Å². The van der Waals surface area contributed by atoms with E-state index in [1.807, 2.05) is 24.3 Å². The number of ether oxygens (including phenoxy) is 2. The third kappa shape index (κ3) is 12.8. The first kappa shape index (κ1) is 28.1. The molecular formula is C23H39N2O6P. The topological polar surface area (TPSA) is 117 Å². The van der Waals surface area contributed by atoms with Crippen LogP contribution in [0.1, 0.15) is 77.7 Å². The van der Waals surface area contributed by atoms with Gasteiger partial charge in [0.05, 0.1) is 12.4 Å². The molecule has 0 fully saturated rings. The Morgan fingerprint density at radius 3 is 2.12 bits per heavy atom. The van der Waals surface area contributed by atoms with E-state index in [9.17, 15) is 9.59 Å². The van der Waals surface area contributed by atoms with Crippen molar-refractivity contribution in [3.63, 3.8) is 0 Å². The Kier molecular flexibility index (Phi) is 14.7. The normalized spacial score (nSPS) is 12.8. The van der Waals surface area contributed by atoms with Gasteiger partial charge >= 0.3 is 6.09 Å². The van der Waals surface area contributed by atoms with Crippen molar-refractivity contribution in [2.45, 2.75) is 90.6 Å². The lowest BCUT2D eigenvalue weighted by Crippen LogP contribution is -2.47. The predicted molar refractivity (Wildman–Crippen MR) is 126 cm³/mol. The van der Waals surface area contributed by atoms with E-state index in [0.717, 1.165) is 17.7 Å². The van der Waals surface area contributed by atoms with Crippen LogP contribution < -0.4 is 15.4 Å². The fraction of sp³-hybridized carbons (Fsp3) is 0.652. The van der Waals surface area contributed by atoms with Crippen LogP contribution in [0, 0.1) is 0 Å². The molecule has 8 nitrogen and oxygen atoms in total. The van der Waals surface area contributed by atoms with E-state index in [1.165, 1.54) is 58.8 Å². The maximum absolute atomic E-state index is 11.9. The van der Waals surface area contributed by atoms with E-state index in [1.54, 1.807) is 0 Å². The molecule has 0 heterocycles. The predicted octanol–water partition coefficient (Wildman–Crippen LogP) is 4.58. The largest absolute Gasteiger partial charge is 0.494 e. The molecule has 0 aliphatic rings. The lowest BCUT2D eigenvalue weighted by Gasteiger charge is -2.18. The highest BCUT2D eigenvalue weighted by molar-refractivity contribution is 7.45. The van der Waals surface area contributed by atoms with Gasteiger partial charge in [0, 0.05) is 0 Å². The summed E-state index contributed by atoms with van der Waals surface area (Å²) in [6.07, 6.45) is 9.35. The van der Waals surface area contributed by atoms with Gasteiger partial charge in [0.15, 0.2) is 8.38 Å². The van der Waals surface area contributed by atoms with Gasteiger partial charge in [-0.25, -0.2) is 4.79 Å². The molecule has 2 amide bonds. The van der Waals surface area contributed by atoms with Gasteiger partial charge in [0.2, 0.25) is 5.91 Å². The molecule has 1 aromatic carbocycles. The van der Waals surface area contributed by atoms with Crippen LogP contribution in [-0.2, 0) is 16.1 Å². The minimum absolute atomic E-state index is 0.0630. The Hall–Kier alpha value is -1.89. The lowest BCUT2D eigenvalue weighted by molar-refractivity contribution is -0.122. The molecule has 0 spiro atoms. The molecule has 0 saturated heterocycles. The molecule has 2 atom stereocenters. The van der Waals surface area contributed by atoms with E-state index >= 15 is 0 Å². The fourth-order valence-electron chi connectivity index (χ4n) is 2.93. The maximum atomic E-state index is 11.9. The Morgan fingerprint density at radius 2 is 1.53 bits per heavy atom. The quantitative estimate of drug-likeness (QED) is 0.208. The number of benzene rings is 1. The number of unbranched alkanes of at least 4 members (excludes halogenated alkanes) is 7. The summed E-state index contributed by atoms with van der Waals surface area (Å²) in [5, 5.41) is 4.82. The van der Waals surface area contributed by atoms with Gasteiger partial charge in [0.1, 0.15) is 18.4 Å². The molecule has 9 heteroatoms. The summed E-state index contributed by atoms with van der Waals surface area (Å²) >= 11 is 0. The SMILES string of the molecule is CCCCCCCCCCOc1ccc(COC(=O)N[C@@H](C)C(=O)NC(C)P(O)O)cc1. The summed E-state index contributed by atoms with van der Waals surface area (Å²) in [6, 6.07) is 6.49. The van der Waals surface area contributed by atoms with Crippen LogP contribution in [0.15, 0.2) is 24.3 Å². The maximum Gasteiger partial charge on any atom is 0.408 e. The monoisotopic (exact) mass is 470 g/mol. The van der Waals surface area contributed by atoms with Crippen LogP contribution in [0.25, 0.3) is 0 Å². The summed E-state index contributed by atoms with van der Waals surface area (Å²) in [5.41, 5.74) is 0.802. The highest BCUT2D eigenvalue weighted by atomic mass is 31.2. The molecule has 0 saturated carbocycles. The lowest BCUT2D eigenvalue weighted by atomic mass is 10.1. The van der Waals surface area contributed by atoms with Crippen LogP contribution in [-0.4, -0.2) is 40.2 Å². The number of carbonyl (C=O) groups excluding carboxylic acids is 2. The first-order chi connectivity index (χ1) is 15.3. The van der Waals surface area contributed by atoms with Gasteiger partial charge in [0.25, 0.3) is 0 Å². The Labute approximate surface area is 193 Å².